The van der Waals surface area contributed by atoms with E-state index in [0.717, 1.165) is 13.2 Å². The molecule has 0 saturated heterocycles. The van der Waals surface area contributed by atoms with Gasteiger partial charge in [-0.3, -0.25) is 9.11 Å². The summed E-state index contributed by atoms with van der Waals surface area (Å²) in [5, 5.41) is 0. The van der Waals surface area contributed by atoms with E-state index in [9.17, 15) is 16.8 Å². The molecule has 12 heteroatoms. The minimum absolute atomic E-state index is 0.945. The van der Waals surface area contributed by atoms with Crippen molar-refractivity contribution in [2.75, 3.05) is 20.3 Å². The Morgan fingerprint density at radius 1 is 1.21 bits per heavy atom. The van der Waals surface area contributed by atoms with Crippen LogP contribution in [0.15, 0.2) is 25.1 Å². The molecule has 2 N–H and O–H groups in total. The van der Waals surface area contributed by atoms with E-state index in [0.29, 0.717) is 0 Å². The van der Waals surface area contributed by atoms with Gasteiger partial charge >= 0.3 is 20.8 Å². The summed E-state index contributed by atoms with van der Waals surface area (Å²) in [7, 11) is -7.98. The zero-order valence-corrected chi connectivity index (χ0v) is 11.5. The SMILES string of the molecule is C=CCN1C=CN(C)C1.O=S(=O)(O)OOS(=O)(=O)O. The predicted octanol–water partition coefficient (Wildman–Crippen LogP) is -0.611. The fraction of sp³-hybridized carbons (Fsp3) is 0.429. The average molecular weight is 318 g/mol. The van der Waals surface area contributed by atoms with Crippen molar-refractivity contribution >= 4 is 20.8 Å². The third-order valence-electron chi connectivity index (χ3n) is 1.50. The average Bonchev–Trinajstić information content (AvgIpc) is 2.61. The van der Waals surface area contributed by atoms with Crippen molar-refractivity contribution in [3.05, 3.63) is 25.1 Å². The van der Waals surface area contributed by atoms with E-state index in [1.807, 2.05) is 6.08 Å². The molecule has 0 aromatic heterocycles. The molecule has 0 aromatic rings. The monoisotopic (exact) mass is 318 g/mol. The molecule has 0 unspecified atom stereocenters. The largest absolute Gasteiger partial charge is 0.425 e. The third-order valence-corrected chi connectivity index (χ3v) is 2.07. The number of hydrogen-bond donors (Lipinski definition) is 2. The van der Waals surface area contributed by atoms with E-state index in [4.69, 9.17) is 9.11 Å². The molecule has 0 radical (unpaired) electrons. The fourth-order valence-corrected chi connectivity index (χ4v) is 1.51. The maximum atomic E-state index is 9.51. The van der Waals surface area contributed by atoms with E-state index in [1.54, 1.807) is 0 Å². The molecule has 0 spiro atoms. The minimum atomic E-state index is -5.02. The van der Waals surface area contributed by atoms with E-state index in [-0.39, 0.29) is 0 Å². The molecule has 10 nitrogen and oxygen atoms in total. The molecule has 19 heavy (non-hydrogen) atoms. The lowest BCUT2D eigenvalue weighted by Gasteiger charge is -2.15. The van der Waals surface area contributed by atoms with Crippen LogP contribution in [-0.4, -0.2) is 56.0 Å². The topological polar surface area (TPSA) is 134 Å². The summed E-state index contributed by atoms with van der Waals surface area (Å²) in [6.07, 6.45) is 6.04. The molecule has 0 amide bonds. The summed E-state index contributed by atoms with van der Waals surface area (Å²) in [6.45, 7) is 5.59. The van der Waals surface area contributed by atoms with Gasteiger partial charge in [0.1, 0.15) is 0 Å². The van der Waals surface area contributed by atoms with Crippen molar-refractivity contribution in [3.8, 4) is 0 Å². The van der Waals surface area contributed by atoms with E-state index >= 15 is 0 Å². The van der Waals surface area contributed by atoms with Gasteiger partial charge in [0.15, 0.2) is 0 Å². The van der Waals surface area contributed by atoms with Crippen molar-refractivity contribution in [1.82, 2.24) is 9.80 Å². The van der Waals surface area contributed by atoms with Crippen LogP contribution in [0.3, 0.4) is 0 Å². The molecule has 0 aromatic carbocycles. The van der Waals surface area contributed by atoms with Gasteiger partial charge in [0, 0.05) is 26.0 Å². The first-order valence-corrected chi connectivity index (χ1v) is 7.32. The van der Waals surface area contributed by atoms with Gasteiger partial charge in [-0.25, -0.2) is 0 Å². The highest BCUT2D eigenvalue weighted by Crippen LogP contribution is 2.01. The van der Waals surface area contributed by atoms with Crippen LogP contribution >= 0.6 is 0 Å². The lowest BCUT2D eigenvalue weighted by atomic mass is 10.6. The second kappa shape index (κ2) is 7.42. The van der Waals surface area contributed by atoms with Crippen molar-refractivity contribution in [3.63, 3.8) is 0 Å². The first-order valence-electron chi connectivity index (χ1n) is 4.59. The maximum absolute atomic E-state index is 9.51. The van der Waals surface area contributed by atoms with Gasteiger partial charge in [-0.05, 0) is 0 Å². The molecule has 0 saturated carbocycles. The summed E-state index contributed by atoms with van der Waals surface area (Å²) in [5.41, 5.74) is 0. The zero-order chi connectivity index (χ0) is 15.1. The summed E-state index contributed by atoms with van der Waals surface area (Å²) >= 11 is 0. The predicted molar refractivity (Wildman–Crippen MR) is 63.9 cm³/mol. The summed E-state index contributed by atoms with van der Waals surface area (Å²) in [4.78, 5) is 4.32. The van der Waals surface area contributed by atoms with Crippen LogP contribution in [0.25, 0.3) is 0 Å². The first kappa shape index (κ1) is 17.8. The Bertz CT molecular complexity index is 479. The maximum Gasteiger partial charge on any atom is 0.425 e. The van der Waals surface area contributed by atoms with Crippen molar-refractivity contribution < 1.29 is 34.6 Å². The zero-order valence-electron chi connectivity index (χ0n) is 9.91. The quantitative estimate of drug-likeness (QED) is 0.292. The van der Waals surface area contributed by atoms with Crippen LogP contribution in [0, 0.1) is 0 Å². The van der Waals surface area contributed by atoms with E-state index in [1.165, 1.54) is 0 Å². The van der Waals surface area contributed by atoms with Crippen molar-refractivity contribution in [2.45, 2.75) is 0 Å². The molecule has 1 aliphatic rings. The fourth-order valence-electron chi connectivity index (χ4n) is 0.944. The van der Waals surface area contributed by atoms with E-state index in [2.05, 4.69) is 44.5 Å². The van der Waals surface area contributed by atoms with Crippen molar-refractivity contribution in [1.29, 1.82) is 0 Å². The van der Waals surface area contributed by atoms with Gasteiger partial charge in [0.25, 0.3) is 0 Å². The van der Waals surface area contributed by atoms with Crippen LogP contribution in [0.5, 0.6) is 0 Å². The molecule has 0 atom stereocenters. The molecule has 1 aliphatic heterocycles. The van der Waals surface area contributed by atoms with Crippen molar-refractivity contribution in [2.24, 2.45) is 0 Å². The number of hydrogen-bond acceptors (Lipinski definition) is 8. The van der Waals surface area contributed by atoms with Gasteiger partial charge in [-0.15, -0.1) is 6.58 Å². The van der Waals surface area contributed by atoms with Gasteiger partial charge in [0.2, 0.25) is 0 Å². The lowest BCUT2D eigenvalue weighted by molar-refractivity contribution is -0.105. The smallest absolute Gasteiger partial charge is 0.362 e. The first-order chi connectivity index (χ1) is 8.53. The Morgan fingerprint density at radius 2 is 1.68 bits per heavy atom. The van der Waals surface area contributed by atoms with Crippen LogP contribution < -0.4 is 0 Å². The highest BCUT2D eigenvalue weighted by Gasteiger charge is 2.13. The van der Waals surface area contributed by atoms with Crippen LogP contribution in [0.2, 0.25) is 0 Å². The van der Waals surface area contributed by atoms with E-state index < -0.39 is 20.8 Å². The molecular weight excluding hydrogens is 304 g/mol. The Balaban J connectivity index is 0.000000342. The molecule has 1 heterocycles. The van der Waals surface area contributed by atoms with Crippen LogP contribution in [0.4, 0.5) is 0 Å². The highest BCUT2D eigenvalue weighted by atomic mass is 32.3. The van der Waals surface area contributed by atoms with Gasteiger partial charge in [0.05, 0.1) is 6.67 Å². The Hall–Kier alpha value is -1.18. The Kier molecular flexibility index (Phi) is 6.96. The standard InChI is InChI=1S/C7H12N2.H2O8S2/c1-3-4-9-6-5-8(2)7-9;1-9(2,3)7-8-10(4,5)6/h3,5-6H,1,4,7H2,2H3;(H,1,2,3)(H,4,5,6). The highest BCUT2D eigenvalue weighted by molar-refractivity contribution is 7.83. The normalized spacial score (nSPS) is 15.1. The summed E-state index contributed by atoms with van der Waals surface area (Å²) in [6, 6.07) is 0. The molecule has 0 fully saturated rings. The Morgan fingerprint density at radius 3 is 1.95 bits per heavy atom. The second-order valence-corrected chi connectivity index (χ2v) is 5.23. The van der Waals surface area contributed by atoms with Crippen LogP contribution in [0.1, 0.15) is 0 Å². The van der Waals surface area contributed by atoms with Gasteiger partial charge in [-0.1, -0.05) is 14.7 Å². The van der Waals surface area contributed by atoms with Gasteiger partial charge < -0.3 is 9.80 Å². The summed E-state index contributed by atoms with van der Waals surface area (Å²) < 4.78 is 58.9. The molecule has 0 bridgehead atoms. The number of nitrogens with zero attached hydrogens (tertiary/aromatic N) is 2. The molecule has 0 aliphatic carbocycles. The second-order valence-electron chi connectivity index (χ2n) is 3.25. The van der Waals surface area contributed by atoms with Crippen LogP contribution in [-0.2, 0) is 29.5 Å². The molecule has 1 rings (SSSR count). The number of rotatable bonds is 5. The Labute approximate surface area is 111 Å². The van der Waals surface area contributed by atoms with Gasteiger partial charge in [-0.2, -0.15) is 16.8 Å². The summed E-state index contributed by atoms with van der Waals surface area (Å²) in [5.74, 6) is 0. The third kappa shape index (κ3) is 11.6. The lowest BCUT2D eigenvalue weighted by Crippen LogP contribution is -2.21. The minimum Gasteiger partial charge on any atom is -0.362 e. The molecular formula is C7H14N2O8S2. The molecule has 112 valence electrons.